The van der Waals surface area contributed by atoms with E-state index in [9.17, 15) is 4.79 Å². The Kier molecular flexibility index (Phi) is 3.19. The molecule has 0 aliphatic heterocycles. The zero-order valence-corrected chi connectivity index (χ0v) is 10.5. The normalized spacial score (nSPS) is 26.3. The third-order valence-electron chi connectivity index (χ3n) is 3.55. The van der Waals surface area contributed by atoms with Gasteiger partial charge in [-0.3, -0.25) is 4.79 Å². The average Bonchev–Trinajstić information content (AvgIpc) is 2.28. The fraction of sp³-hybridized carbons (Fsp3) is 0.667. The fourth-order valence-corrected chi connectivity index (χ4v) is 2.27. The number of anilines is 1. The van der Waals surface area contributed by atoms with Crippen molar-refractivity contribution >= 4 is 5.69 Å². The Balaban J connectivity index is 2.00. The van der Waals surface area contributed by atoms with Crippen LogP contribution in [0.2, 0.25) is 0 Å². The van der Waals surface area contributed by atoms with Crippen molar-refractivity contribution in [3.05, 3.63) is 22.6 Å². The Bertz CT molecular complexity index is 441. The Hall–Kier alpha value is -1.36. The van der Waals surface area contributed by atoms with Crippen LogP contribution in [0.1, 0.15) is 27.2 Å². The molecule has 5 nitrogen and oxygen atoms in total. The number of hydrogen-bond donors (Lipinski definition) is 2. The highest BCUT2D eigenvalue weighted by molar-refractivity contribution is 5.41. The molecule has 5 heteroatoms. The van der Waals surface area contributed by atoms with Crippen LogP contribution < -0.4 is 10.9 Å². The van der Waals surface area contributed by atoms with Crippen LogP contribution in [0.15, 0.2) is 17.1 Å². The lowest BCUT2D eigenvalue weighted by Crippen LogP contribution is -2.58. The molecule has 0 radical (unpaired) electrons. The van der Waals surface area contributed by atoms with Crippen LogP contribution in [0.4, 0.5) is 5.69 Å². The van der Waals surface area contributed by atoms with Crippen molar-refractivity contribution in [2.45, 2.75) is 39.3 Å². The number of aromatic nitrogens is 2. The van der Waals surface area contributed by atoms with Crippen molar-refractivity contribution in [1.29, 1.82) is 0 Å². The van der Waals surface area contributed by atoms with Gasteiger partial charge in [0.15, 0.2) is 0 Å². The van der Waals surface area contributed by atoms with Gasteiger partial charge in [0, 0.05) is 24.1 Å². The zero-order chi connectivity index (χ0) is 12.5. The summed E-state index contributed by atoms with van der Waals surface area (Å²) in [7, 11) is 0. The molecule has 2 atom stereocenters. The summed E-state index contributed by atoms with van der Waals surface area (Å²) in [5.74, 6) is 0. The van der Waals surface area contributed by atoms with Crippen LogP contribution in [-0.2, 0) is 4.74 Å². The Morgan fingerprint density at radius 1 is 1.65 bits per heavy atom. The molecule has 2 rings (SSSR count). The topological polar surface area (TPSA) is 67.0 Å². The second kappa shape index (κ2) is 4.49. The molecule has 2 N–H and O–H groups in total. The Morgan fingerprint density at radius 3 is 3.00 bits per heavy atom. The van der Waals surface area contributed by atoms with Gasteiger partial charge in [0.1, 0.15) is 0 Å². The van der Waals surface area contributed by atoms with E-state index in [1.54, 1.807) is 6.20 Å². The number of H-pyrrole nitrogens is 1. The predicted molar refractivity (Wildman–Crippen MR) is 66.1 cm³/mol. The molecule has 1 aliphatic carbocycles. The van der Waals surface area contributed by atoms with Crippen molar-refractivity contribution in [2.75, 3.05) is 11.9 Å². The van der Waals surface area contributed by atoms with Crippen LogP contribution in [-0.4, -0.2) is 29.0 Å². The van der Waals surface area contributed by atoms with E-state index in [2.05, 4.69) is 29.4 Å². The highest BCUT2D eigenvalue weighted by Crippen LogP contribution is 2.44. The van der Waals surface area contributed by atoms with Crippen molar-refractivity contribution in [3.8, 4) is 0 Å². The SMILES string of the molecule is CCOC1CC(Nc2cn[nH]c(=O)c2)C1(C)C. The summed E-state index contributed by atoms with van der Waals surface area (Å²) in [6.07, 6.45) is 2.89. The number of aromatic amines is 1. The van der Waals surface area contributed by atoms with Gasteiger partial charge >= 0.3 is 0 Å². The molecule has 0 saturated heterocycles. The number of hydrogen-bond acceptors (Lipinski definition) is 4. The molecule has 0 aromatic carbocycles. The Labute approximate surface area is 101 Å². The first kappa shape index (κ1) is 12.1. The third-order valence-corrected chi connectivity index (χ3v) is 3.55. The van der Waals surface area contributed by atoms with Gasteiger partial charge in [-0.05, 0) is 13.3 Å². The number of nitrogens with zero attached hydrogens (tertiary/aromatic N) is 1. The highest BCUT2D eigenvalue weighted by atomic mass is 16.5. The molecule has 17 heavy (non-hydrogen) atoms. The summed E-state index contributed by atoms with van der Waals surface area (Å²) in [6.45, 7) is 7.11. The molecule has 1 fully saturated rings. The molecule has 1 aromatic rings. The van der Waals surface area contributed by atoms with Gasteiger partial charge in [0.25, 0.3) is 5.56 Å². The summed E-state index contributed by atoms with van der Waals surface area (Å²) in [5.41, 5.74) is 0.661. The van der Waals surface area contributed by atoms with Crippen molar-refractivity contribution < 1.29 is 4.74 Å². The molecule has 94 valence electrons. The minimum absolute atomic E-state index is 0.0820. The van der Waals surface area contributed by atoms with Gasteiger partial charge in [-0.2, -0.15) is 5.10 Å². The zero-order valence-electron chi connectivity index (χ0n) is 10.5. The molecule has 1 aliphatic rings. The quantitative estimate of drug-likeness (QED) is 0.830. The third kappa shape index (κ3) is 2.34. The minimum Gasteiger partial charge on any atom is -0.380 e. The van der Waals surface area contributed by atoms with E-state index in [0.29, 0.717) is 12.1 Å². The van der Waals surface area contributed by atoms with Crippen molar-refractivity contribution in [3.63, 3.8) is 0 Å². The first-order valence-electron chi connectivity index (χ1n) is 5.97. The molecular weight excluding hydrogens is 218 g/mol. The second-order valence-corrected chi connectivity index (χ2v) is 5.03. The van der Waals surface area contributed by atoms with Crippen LogP contribution in [0, 0.1) is 5.41 Å². The molecule has 0 amide bonds. The van der Waals surface area contributed by atoms with Gasteiger partial charge in [0.2, 0.25) is 0 Å². The standard InChI is InChI=1S/C12H19N3O2/c1-4-17-10-6-9(12(10,2)3)14-8-5-11(16)15-13-7-8/h5,7,9-10H,4,6H2,1-3H3,(H2,14,15,16). The van der Waals surface area contributed by atoms with Crippen LogP contribution in [0.3, 0.4) is 0 Å². The summed E-state index contributed by atoms with van der Waals surface area (Å²) < 4.78 is 5.66. The number of rotatable bonds is 4. The lowest BCUT2D eigenvalue weighted by atomic mass is 9.64. The van der Waals surface area contributed by atoms with Gasteiger partial charge in [0.05, 0.1) is 18.0 Å². The second-order valence-electron chi connectivity index (χ2n) is 5.03. The molecule has 0 bridgehead atoms. The van der Waals surface area contributed by atoms with E-state index in [-0.39, 0.29) is 11.0 Å². The van der Waals surface area contributed by atoms with E-state index in [1.807, 2.05) is 6.92 Å². The van der Waals surface area contributed by atoms with E-state index in [0.717, 1.165) is 18.7 Å². The van der Waals surface area contributed by atoms with Crippen LogP contribution >= 0.6 is 0 Å². The monoisotopic (exact) mass is 237 g/mol. The maximum absolute atomic E-state index is 11.1. The van der Waals surface area contributed by atoms with Gasteiger partial charge < -0.3 is 10.1 Å². The molecule has 1 aromatic heterocycles. The highest BCUT2D eigenvalue weighted by Gasteiger charge is 2.48. The van der Waals surface area contributed by atoms with Gasteiger partial charge in [-0.25, -0.2) is 5.10 Å². The van der Waals surface area contributed by atoms with Crippen molar-refractivity contribution in [1.82, 2.24) is 10.2 Å². The van der Waals surface area contributed by atoms with E-state index < -0.39 is 0 Å². The first-order chi connectivity index (χ1) is 8.04. The van der Waals surface area contributed by atoms with E-state index in [1.165, 1.54) is 6.07 Å². The summed E-state index contributed by atoms with van der Waals surface area (Å²) in [5, 5.41) is 9.46. The molecule has 0 spiro atoms. The lowest BCUT2D eigenvalue weighted by Gasteiger charge is -2.52. The minimum atomic E-state index is -0.187. The smallest absolute Gasteiger partial charge is 0.266 e. The van der Waals surface area contributed by atoms with Gasteiger partial charge in [-0.1, -0.05) is 13.8 Å². The fourth-order valence-electron chi connectivity index (χ4n) is 2.27. The Morgan fingerprint density at radius 2 is 2.41 bits per heavy atom. The molecular formula is C12H19N3O2. The lowest BCUT2D eigenvalue weighted by molar-refractivity contribution is -0.0976. The van der Waals surface area contributed by atoms with E-state index >= 15 is 0 Å². The van der Waals surface area contributed by atoms with Crippen LogP contribution in [0.25, 0.3) is 0 Å². The molecule has 1 heterocycles. The maximum atomic E-state index is 11.1. The summed E-state index contributed by atoms with van der Waals surface area (Å²) in [6, 6.07) is 1.85. The van der Waals surface area contributed by atoms with E-state index in [4.69, 9.17) is 4.74 Å². The molecule has 1 saturated carbocycles. The number of ether oxygens (including phenoxy) is 1. The van der Waals surface area contributed by atoms with Gasteiger partial charge in [-0.15, -0.1) is 0 Å². The maximum Gasteiger partial charge on any atom is 0.266 e. The predicted octanol–water partition coefficient (Wildman–Crippen LogP) is 1.39. The summed E-state index contributed by atoms with van der Waals surface area (Å²) in [4.78, 5) is 11.1. The average molecular weight is 237 g/mol. The van der Waals surface area contributed by atoms with Crippen LogP contribution in [0.5, 0.6) is 0 Å². The first-order valence-corrected chi connectivity index (χ1v) is 5.97. The number of nitrogens with one attached hydrogen (secondary N) is 2. The summed E-state index contributed by atoms with van der Waals surface area (Å²) >= 11 is 0. The largest absolute Gasteiger partial charge is 0.380 e. The molecule has 2 unspecified atom stereocenters. The van der Waals surface area contributed by atoms with Crippen molar-refractivity contribution in [2.24, 2.45) is 5.41 Å².